The number of nitrogens with one attached hydrogen (secondary N) is 1. The molecule has 1 rings (SSSR count). The Balaban J connectivity index is 2.13. The molecular formula is C10H20N2O. The third kappa shape index (κ3) is 3.77. The quantitative estimate of drug-likeness (QED) is 0.705. The van der Waals surface area contributed by atoms with Crippen LogP contribution < -0.4 is 5.32 Å². The largest absolute Gasteiger partial charge is 0.346 e. The molecule has 0 radical (unpaired) electrons. The van der Waals surface area contributed by atoms with E-state index in [1.54, 1.807) is 11.8 Å². The molecule has 1 saturated heterocycles. The first kappa shape index (κ1) is 10.5. The number of carbonyl (C=O) groups is 1. The molecule has 3 nitrogen and oxygen atoms in total. The van der Waals surface area contributed by atoms with Gasteiger partial charge in [0.05, 0.1) is 0 Å². The summed E-state index contributed by atoms with van der Waals surface area (Å²) in [4.78, 5) is 12.7. The number of hydrogen-bond acceptors (Lipinski definition) is 2. The zero-order chi connectivity index (χ0) is 9.68. The van der Waals surface area contributed by atoms with E-state index in [4.69, 9.17) is 0 Å². The van der Waals surface area contributed by atoms with Crippen LogP contribution in [0.25, 0.3) is 0 Å². The lowest BCUT2D eigenvalue weighted by atomic mass is 9.96. The number of rotatable bonds is 3. The van der Waals surface area contributed by atoms with Crippen molar-refractivity contribution >= 4 is 5.91 Å². The first-order chi connectivity index (χ1) is 6.20. The molecule has 0 aromatic carbocycles. The Morgan fingerprint density at radius 3 is 2.92 bits per heavy atom. The molecule has 0 aliphatic carbocycles. The van der Waals surface area contributed by atoms with Gasteiger partial charge in [0.25, 0.3) is 0 Å². The highest BCUT2D eigenvalue weighted by Gasteiger charge is 2.13. The predicted molar refractivity (Wildman–Crippen MR) is 53.5 cm³/mol. The Kier molecular flexibility index (Phi) is 4.22. The fraction of sp³-hybridized carbons (Fsp3) is 0.900. The summed E-state index contributed by atoms with van der Waals surface area (Å²) in [6.07, 6.45) is 3.75. The molecule has 0 aromatic rings. The van der Waals surface area contributed by atoms with Gasteiger partial charge in [-0.3, -0.25) is 4.79 Å². The summed E-state index contributed by atoms with van der Waals surface area (Å²) in [6, 6.07) is 0. The number of amides is 1. The highest BCUT2D eigenvalue weighted by molar-refractivity contribution is 5.72. The Hall–Kier alpha value is -0.570. The molecule has 0 aromatic heterocycles. The Morgan fingerprint density at radius 2 is 2.38 bits per heavy atom. The first-order valence-electron chi connectivity index (χ1n) is 5.12. The van der Waals surface area contributed by atoms with Crippen LogP contribution in [0.1, 0.15) is 26.2 Å². The maximum absolute atomic E-state index is 10.9. The lowest BCUT2D eigenvalue weighted by Gasteiger charge is -2.24. The van der Waals surface area contributed by atoms with Gasteiger partial charge in [0.2, 0.25) is 5.91 Å². The normalized spacial score (nSPS) is 22.8. The maximum Gasteiger partial charge on any atom is 0.219 e. The third-order valence-corrected chi connectivity index (χ3v) is 2.81. The van der Waals surface area contributed by atoms with Crippen LogP contribution in [0.3, 0.4) is 0 Å². The van der Waals surface area contributed by atoms with E-state index in [-0.39, 0.29) is 5.91 Å². The minimum atomic E-state index is 0.170. The van der Waals surface area contributed by atoms with Crippen LogP contribution in [-0.4, -0.2) is 37.5 Å². The van der Waals surface area contributed by atoms with Crippen LogP contribution in [-0.2, 0) is 4.79 Å². The molecule has 0 bridgehead atoms. The van der Waals surface area contributed by atoms with Crippen LogP contribution in [0.5, 0.6) is 0 Å². The second-order valence-corrected chi connectivity index (χ2v) is 3.94. The number of nitrogens with zero attached hydrogens (tertiary/aromatic N) is 1. The maximum atomic E-state index is 10.9. The molecule has 1 N–H and O–H groups in total. The van der Waals surface area contributed by atoms with Crippen molar-refractivity contribution in [2.24, 2.45) is 5.92 Å². The second kappa shape index (κ2) is 5.22. The molecule has 1 amide bonds. The molecule has 1 atom stereocenters. The Bertz CT molecular complexity index is 164. The summed E-state index contributed by atoms with van der Waals surface area (Å²) >= 11 is 0. The van der Waals surface area contributed by atoms with Gasteiger partial charge in [0.15, 0.2) is 0 Å². The highest BCUT2D eigenvalue weighted by atomic mass is 16.2. The molecule has 1 aliphatic rings. The molecule has 0 spiro atoms. The summed E-state index contributed by atoms with van der Waals surface area (Å²) in [5.74, 6) is 0.944. The van der Waals surface area contributed by atoms with Crippen molar-refractivity contribution in [3.05, 3.63) is 0 Å². The van der Waals surface area contributed by atoms with E-state index in [0.29, 0.717) is 0 Å². The van der Waals surface area contributed by atoms with Crippen LogP contribution in [0.15, 0.2) is 0 Å². The minimum absolute atomic E-state index is 0.170. The van der Waals surface area contributed by atoms with E-state index < -0.39 is 0 Å². The molecule has 0 saturated carbocycles. The van der Waals surface area contributed by atoms with Gasteiger partial charge >= 0.3 is 0 Å². The van der Waals surface area contributed by atoms with E-state index in [1.165, 1.54) is 19.4 Å². The average Bonchev–Trinajstić information content (AvgIpc) is 2.15. The van der Waals surface area contributed by atoms with Crippen molar-refractivity contribution in [2.75, 3.05) is 26.7 Å². The second-order valence-electron chi connectivity index (χ2n) is 3.94. The lowest BCUT2D eigenvalue weighted by Crippen LogP contribution is -2.33. The van der Waals surface area contributed by atoms with Crippen molar-refractivity contribution in [1.82, 2.24) is 10.2 Å². The van der Waals surface area contributed by atoms with Crippen molar-refractivity contribution in [3.63, 3.8) is 0 Å². The molecular weight excluding hydrogens is 164 g/mol. The first-order valence-corrected chi connectivity index (χ1v) is 5.12. The number of hydrogen-bond donors (Lipinski definition) is 1. The summed E-state index contributed by atoms with van der Waals surface area (Å²) < 4.78 is 0. The molecule has 3 heteroatoms. The van der Waals surface area contributed by atoms with Gasteiger partial charge in [0, 0.05) is 20.5 Å². The summed E-state index contributed by atoms with van der Waals surface area (Å²) in [5.41, 5.74) is 0. The van der Waals surface area contributed by atoms with Gasteiger partial charge in [-0.2, -0.15) is 0 Å². The lowest BCUT2D eigenvalue weighted by molar-refractivity contribution is -0.127. The minimum Gasteiger partial charge on any atom is -0.346 e. The fourth-order valence-electron chi connectivity index (χ4n) is 1.70. The molecule has 1 aliphatic heterocycles. The molecule has 1 heterocycles. The highest BCUT2D eigenvalue weighted by Crippen LogP contribution is 2.13. The van der Waals surface area contributed by atoms with E-state index in [9.17, 15) is 4.79 Å². The summed E-state index contributed by atoms with van der Waals surface area (Å²) in [7, 11) is 1.87. The summed E-state index contributed by atoms with van der Waals surface area (Å²) in [6.45, 7) is 4.82. The molecule has 76 valence electrons. The SMILES string of the molecule is CC(=O)N(C)CCC1CCCNC1. The Labute approximate surface area is 80.5 Å². The smallest absolute Gasteiger partial charge is 0.219 e. The monoisotopic (exact) mass is 184 g/mol. The molecule has 13 heavy (non-hydrogen) atoms. The van der Waals surface area contributed by atoms with Crippen molar-refractivity contribution in [1.29, 1.82) is 0 Å². The van der Waals surface area contributed by atoms with Crippen LogP contribution in [0, 0.1) is 5.92 Å². The number of piperidine rings is 1. The van der Waals surface area contributed by atoms with Crippen molar-refractivity contribution in [3.8, 4) is 0 Å². The van der Waals surface area contributed by atoms with E-state index in [1.807, 2.05) is 7.05 Å². The zero-order valence-electron chi connectivity index (χ0n) is 8.68. The summed E-state index contributed by atoms with van der Waals surface area (Å²) in [5, 5.41) is 3.38. The van der Waals surface area contributed by atoms with Gasteiger partial charge in [-0.05, 0) is 38.3 Å². The fourth-order valence-corrected chi connectivity index (χ4v) is 1.70. The van der Waals surface area contributed by atoms with E-state index in [2.05, 4.69) is 5.32 Å². The Morgan fingerprint density at radius 1 is 1.62 bits per heavy atom. The zero-order valence-corrected chi connectivity index (χ0v) is 8.68. The number of carbonyl (C=O) groups excluding carboxylic acids is 1. The van der Waals surface area contributed by atoms with Crippen LogP contribution in [0.2, 0.25) is 0 Å². The average molecular weight is 184 g/mol. The molecule has 1 unspecified atom stereocenters. The van der Waals surface area contributed by atoms with Crippen LogP contribution in [0.4, 0.5) is 0 Å². The molecule has 1 fully saturated rings. The van der Waals surface area contributed by atoms with Crippen molar-refractivity contribution in [2.45, 2.75) is 26.2 Å². The van der Waals surface area contributed by atoms with Crippen LogP contribution >= 0.6 is 0 Å². The van der Waals surface area contributed by atoms with Crippen molar-refractivity contribution < 1.29 is 4.79 Å². The van der Waals surface area contributed by atoms with Gasteiger partial charge in [-0.15, -0.1) is 0 Å². The van der Waals surface area contributed by atoms with Gasteiger partial charge in [0.1, 0.15) is 0 Å². The third-order valence-electron chi connectivity index (χ3n) is 2.81. The van der Waals surface area contributed by atoms with Gasteiger partial charge in [-0.1, -0.05) is 0 Å². The van der Waals surface area contributed by atoms with Gasteiger partial charge in [-0.25, -0.2) is 0 Å². The standard InChI is InChI=1S/C10H20N2O/c1-9(13)12(2)7-5-10-4-3-6-11-8-10/h10-11H,3-8H2,1-2H3. The van der Waals surface area contributed by atoms with Gasteiger partial charge < -0.3 is 10.2 Å². The van der Waals surface area contributed by atoms with E-state index >= 15 is 0 Å². The van der Waals surface area contributed by atoms with E-state index in [0.717, 1.165) is 25.4 Å². The topological polar surface area (TPSA) is 32.3 Å². The predicted octanol–water partition coefficient (Wildman–Crippen LogP) is 0.854.